The zero-order valence-electron chi connectivity index (χ0n) is 83.2. The standard InChI is InChI=1S/C111H208N4O6/c1-13-25-27-29-31-33-35-37-39-41-43-45-47-49-51-53-55-57-59-61-63-65-67-69-71-73-75-90(15-3)106(108-97-81-77-92(112(17-5)18-6)86-102(97)120-103-87-93(78-82-98(103)108)113(19-7)20-8)101(111(118)119)85-91(76-74-72-70-68-66-64-62-60-58-56-54-52-50-48-46-44-42-40-38-36-34-32-30-28-26-14-2)107(96(16-4)110(116)117)109-99-83-79-94(114(21-9)22-10)88-104(99)121-105-89-95(80-84-100(105)109)115(23-11)24-12/h90-107H,13-89H2,1-12H3/p+2. The van der Waals surface area contributed by atoms with Crippen LogP contribution in [0.25, 0.3) is 0 Å². The third kappa shape index (κ3) is 39.2. The fourth-order valence-electron chi connectivity index (χ4n) is 26.3. The zero-order chi connectivity index (χ0) is 86.9. The lowest BCUT2D eigenvalue weighted by Crippen LogP contribution is -2.59. The molecule has 4 saturated carbocycles. The first-order chi connectivity index (χ1) is 59.3. The van der Waals surface area contributed by atoms with Crippen molar-refractivity contribution in [3.05, 3.63) is 11.8 Å². The molecule has 18 unspecified atom stereocenters. The van der Waals surface area contributed by atoms with Crippen molar-refractivity contribution in [1.29, 1.82) is 0 Å². The summed E-state index contributed by atoms with van der Waals surface area (Å²) in [5.41, 5.74) is 0. The third-order valence-corrected chi connectivity index (χ3v) is 33.4. The van der Waals surface area contributed by atoms with E-state index in [1.807, 2.05) is 0 Å². The van der Waals surface area contributed by atoms with Crippen LogP contribution in [0.15, 0.2) is 0 Å². The predicted octanol–water partition coefficient (Wildman–Crippen LogP) is 31.9. The number of carboxylic acids is 2. The van der Waals surface area contributed by atoms with Gasteiger partial charge in [-0.05, 0) is 162 Å². The van der Waals surface area contributed by atoms with Crippen molar-refractivity contribution >= 4 is 11.9 Å². The van der Waals surface area contributed by atoms with Crippen LogP contribution >= 0.6 is 0 Å². The summed E-state index contributed by atoms with van der Waals surface area (Å²) in [4.78, 5) is 41.4. The van der Waals surface area contributed by atoms with Crippen molar-refractivity contribution < 1.29 is 29.3 Å². The van der Waals surface area contributed by atoms with Crippen molar-refractivity contribution in [2.75, 3.05) is 52.4 Å². The number of unbranched alkanes of at least 4 members (excludes halogenated alkanes) is 50. The van der Waals surface area contributed by atoms with E-state index in [1.165, 1.54) is 315 Å². The molecule has 2 saturated heterocycles. The van der Waals surface area contributed by atoms with Gasteiger partial charge < -0.3 is 39.3 Å². The van der Waals surface area contributed by atoms with E-state index in [-0.39, 0.29) is 71.8 Å². The molecule has 0 aromatic heterocycles. The van der Waals surface area contributed by atoms with Gasteiger partial charge in [-0.1, -0.05) is 417 Å². The molecule has 0 radical (unpaired) electrons. The zero-order valence-corrected chi connectivity index (χ0v) is 83.2. The quantitative estimate of drug-likeness (QED) is 0.0452. The molecule has 0 amide bonds. The smallest absolute Gasteiger partial charge is 0.311 e. The van der Waals surface area contributed by atoms with Gasteiger partial charge in [0.25, 0.3) is 0 Å². The van der Waals surface area contributed by atoms with E-state index in [0.717, 1.165) is 168 Å². The average molecular weight is 1700 g/mol. The number of carbonyl (C=O) groups is 2. The molecule has 6 rings (SSSR count). The van der Waals surface area contributed by atoms with E-state index in [2.05, 4.69) is 103 Å². The summed E-state index contributed by atoms with van der Waals surface area (Å²) in [5.74, 6) is 1.61. The SMILES string of the molecule is CCCCCCCCCCCCCCCCCCCCCCCCCCCCC(CC(C(=O)O)C([C+]1C2CCC(N(CC)CC)CC2OC2CC(N(CC)CC)CCC12)C(CC)CCCCCCCCCCCCCCCCCCCCCCCCCCCC)C([C+]1C2CCC(N(CC)CC)CC2OC2CC(N(CC)CC)CCC12)C(CC)C(=O)O. The van der Waals surface area contributed by atoms with Gasteiger partial charge in [-0.25, -0.2) is 0 Å². The molecular weight excluding hydrogens is 1490 g/mol. The first-order valence-corrected chi connectivity index (χ1v) is 55.8. The van der Waals surface area contributed by atoms with E-state index in [4.69, 9.17) is 9.47 Å². The summed E-state index contributed by atoms with van der Waals surface area (Å²) in [7, 11) is 0. The Morgan fingerprint density at radius 1 is 0.264 bits per heavy atom. The molecule has 18 atom stereocenters. The Morgan fingerprint density at radius 3 is 0.653 bits per heavy atom. The molecule has 2 N–H and O–H groups in total. The molecule has 2 aliphatic heterocycles. The summed E-state index contributed by atoms with van der Waals surface area (Å²) in [6.07, 6.45) is 89.3. The largest absolute Gasteiger partial charge is 0.481 e. The van der Waals surface area contributed by atoms with Gasteiger partial charge in [0.15, 0.2) is 0 Å². The molecule has 6 fully saturated rings. The lowest BCUT2D eigenvalue weighted by Gasteiger charge is -2.52. The van der Waals surface area contributed by atoms with Crippen LogP contribution in [0.4, 0.5) is 0 Å². The molecule has 10 nitrogen and oxygen atoms in total. The van der Waals surface area contributed by atoms with Crippen LogP contribution in [-0.2, 0) is 19.1 Å². The summed E-state index contributed by atoms with van der Waals surface area (Å²) in [5, 5.41) is 25.2. The Bertz CT molecular complexity index is 2360. The molecule has 6 aliphatic rings. The van der Waals surface area contributed by atoms with Crippen LogP contribution in [0.1, 0.15) is 526 Å². The third-order valence-electron chi connectivity index (χ3n) is 33.4. The number of carboxylic acid groups (broad SMARTS) is 2. The van der Waals surface area contributed by atoms with Crippen molar-refractivity contribution in [2.24, 2.45) is 59.2 Å². The molecule has 0 bridgehead atoms. The molecule has 0 aromatic rings. The van der Waals surface area contributed by atoms with Crippen molar-refractivity contribution in [1.82, 2.24) is 19.6 Å². The van der Waals surface area contributed by atoms with Gasteiger partial charge in [-0.2, -0.15) is 0 Å². The maximum absolute atomic E-state index is 15.8. The summed E-state index contributed by atoms with van der Waals surface area (Å²) >= 11 is 0. The number of nitrogens with zero attached hydrogens (tertiary/aromatic N) is 4. The summed E-state index contributed by atoms with van der Waals surface area (Å²) < 4.78 is 15.5. The monoisotopic (exact) mass is 1700 g/mol. The van der Waals surface area contributed by atoms with Crippen molar-refractivity contribution in [3.63, 3.8) is 0 Å². The summed E-state index contributed by atoms with van der Waals surface area (Å²) in [6.45, 7) is 36.3. The number of hydrogen-bond donors (Lipinski definition) is 2. The van der Waals surface area contributed by atoms with E-state index in [9.17, 15) is 15.0 Å². The highest BCUT2D eigenvalue weighted by Gasteiger charge is 2.67. The highest BCUT2D eigenvalue weighted by Crippen LogP contribution is 2.61. The Morgan fingerprint density at radius 2 is 0.463 bits per heavy atom. The van der Waals surface area contributed by atoms with Crippen LogP contribution in [0, 0.1) is 71.0 Å². The molecule has 4 aliphatic carbocycles. The van der Waals surface area contributed by atoms with Gasteiger partial charge in [0.05, 0.1) is 5.92 Å². The number of hydrogen-bond acceptors (Lipinski definition) is 8. The lowest BCUT2D eigenvalue weighted by molar-refractivity contribution is -0.167. The molecule has 0 spiro atoms. The fourth-order valence-corrected chi connectivity index (χ4v) is 26.3. The highest BCUT2D eigenvalue weighted by atomic mass is 16.5. The Kier molecular flexibility index (Phi) is 60.5. The van der Waals surface area contributed by atoms with Gasteiger partial charge in [0.2, 0.25) is 0 Å². The van der Waals surface area contributed by atoms with Gasteiger partial charge in [0, 0.05) is 36.0 Å². The second-order valence-corrected chi connectivity index (χ2v) is 41.4. The number of aliphatic carboxylic acids is 2. The second kappa shape index (κ2) is 67.6. The van der Waals surface area contributed by atoms with E-state index >= 15 is 4.79 Å². The number of rotatable bonds is 78. The van der Waals surface area contributed by atoms with Gasteiger partial charge in [0.1, 0.15) is 77.7 Å². The van der Waals surface area contributed by atoms with Crippen LogP contribution in [0.3, 0.4) is 0 Å². The van der Waals surface area contributed by atoms with E-state index in [1.54, 1.807) is 11.8 Å². The Labute approximate surface area is 754 Å². The number of ether oxygens (including phenoxy) is 2. The maximum Gasteiger partial charge on any atom is 0.311 e. The average Bonchev–Trinajstić information content (AvgIpc) is 0.742. The van der Waals surface area contributed by atoms with Crippen LogP contribution in [0.5, 0.6) is 0 Å². The minimum absolute atomic E-state index is 0.0467. The Hall–Kier alpha value is -1.56. The first kappa shape index (κ1) is 108. The topological polar surface area (TPSA) is 106 Å². The molecule has 708 valence electrons. The molecule has 121 heavy (non-hydrogen) atoms. The van der Waals surface area contributed by atoms with Gasteiger partial charge >= 0.3 is 11.9 Å². The Balaban J connectivity index is 1.20. The normalized spacial score (nSPS) is 24.8. The van der Waals surface area contributed by atoms with Crippen molar-refractivity contribution in [2.45, 2.75) is 575 Å². The molecule has 2 heterocycles. The van der Waals surface area contributed by atoms with Crippen LogP contribution in [0.2, 0.25) is 0 Å². The lowest BCUT2D eigenvalue weighted by atomic mass is 9.52. The minimum atomic E-state index is -0.654. The minimum Gasteiger partial charge on any atom is -0.481 e. The van der Waals surface area contributed by atoms with E-state index in [0.29, 0.717) is 37.0 Å². The van der Waals surface area contributed by atoms with Crippen LogP contribution in [-0.4, -0.2) is 143 Å². The fraction of sp³-hybridized carbons (Fsp3) is 0.964. The van der Waals surface area contributed by atoms with Gasteiger partial charge in [-0.3, -0.25) is 9.59 Å². The number of fused-ring (bicyclic) bond motifs is 4. The van der Waals surface area contributed by atoms with Gasteiger partial charge in [-0.15, -0.1) is 0 Å². The first-order valence-electron chi connectivity index (χ1n) is 55.8. The van der Waals surface area contributed by atoms with Crippen LogP contribution < -0.4 is 0 Å². The van der Waals surface area contributed by atoms with Crippen molar-refractivity contribution in [3.8, 4) is 0 Å². The summed E-state index contributed by atoms with van der Waals surface area (Å²) in [6, 6.07) is 1.86. The highest BCUT2D eigenvalue weighted by molar-refractivity contribution is 5.72. The van der Waals surface area contributed by atoms with E-state index < -0.39 is 23.8 Å². The maximum atomic E-state index is 15.8. The predicted molar refractivity (Wildman–Crippen MR) is 522 cm³/mol. The molecular formula is C111H210N4O6+2. The molecule has 10 heteroatoms. The second-order valence-electron chi connectivity index (χ2n) is 41.4. The molecule has 0 aromatic carbocycles.